The van der Waals surface area contributed by atoms with E-state index in [2.05, 4.69) is 15.7 Å². The third kappa shape index (κ3) is 4.25. The molecule has 4 rings (SSSR count). The molecule has 7 heteroatoms. The molecule has 6 nitrogen and oxygen atoms in total. The van der Waals surface area contributed by atoms with E-state index in [1.54, 1.807) is 6.20 Å². The quantitative estimate of drug-likeness (QED) is 0.681. The molecule has 0 radical (unpaired) electrons. The number of aromatic nitrogens is 2. The highest BCUT2D eigenvalue weighted by atomic mass is 32.1. The predicted molar refractivity (Wildman–Crippen MR) is 106 cm³/mol. The van der Waals surface area contributed by atoms with Crippen molar-refractivity contribution < 1.29 is 9.59 Å². The Morgan fingerprint density at radius 1 is 1.22 bits per heavy atom. The van der Waals surface area contributed by atoms with E-state index in [1.807, 2.05) is 54.2 Å². The Hall–Kier alpha value is -2.93. The second kappa shape index (κ2) is 7.36. The van der Waals surface area contributed by atoms with Gasteiger partial charge in [-0.2, -0.15) is 5.10 Å². The molecule has 1 aromatic carbocycles. The third-order valence-electron chi connectivity index (χ3n) is 4.41. The van der Waals surface area contributed by atoms with E-state index < -0.39 is 0 Å². The molecule has 0 atom stereocenters. The van der Waals surface area contributed by atoms with Gasteiger partial charge in [0.25, 0.3) is 5.91 Å². The summed E-state index contributed by atoms with van der Waals surface area (Å²) in [5.74, 6) is 0.0254. The van der Waals surface area contributed by atoms with Crippen LogP contribution in [0.15, 0.2) is 48.8 Å². The lowest BCUT2D eigenvalue weighted by atomic mass is 10.2. The molecule has 0 aliphatic heterocycles. The van der Waals surface area contributed by atoms with Crippen LogP contribution in [0.2, 0.25) is 0 Å². The number of carbonyl (C=O) groups is 2. The molecule has 2 amide bonds. The highest BCUT2D eigenvalue weighted by Crippen LogP contribution is 2.33. The summed E-state index contributed by atoms with van der Waals surface area (Å²) in [5, 5.41) is 10.8. The van der Waals surface area contributed by atoms with Gasteiger partial charge in [0.1, 0.15) is 0 Å². The van der Waals surface area contributed by atoms with Gasteiger partial charge in [0.15, 0.2) is 0 Å². The van der Waals surface area contributed by atoms with Gasteiger partial charge >= 0.3 is 0 Å². The van der Waals surface area contributed by atoms with Crippen molar-refractivity contribution in [2.24, 2.45) is 5.92 Å². The number of nitrogens with one attached hydrogen (secondary N) is 2. The van der Waals surface area contributed by atoms with E-state index >= 15 is 0 Å². The molecular formula is C20H20N4O2S. The molecule has 0 unspecified atom stereocenters. The summed E-state index contributed by atoms with van der Waals surface area (Å²) in [6.07, 6.45) is 5.55. The lowest BCUT2D eigenvalue weighted by Crippen LogP contribution is -2.12. The van der Waals surface area contributed by atoms with Crippen LogP contribution in [0.1, 0.15) is 33.6 Å². The minimum Gasteiger partial charge on any atom is -0.321 e. The lowest BCUT2D eigenvalue weighted by molar-refractivity contribution is -0.117. The second-order valence-corrected chi connectivity index (χ2v) is 7.80. The van der Waals surface area contributed by atoms with Gasteiger partial charge in [-0.05, 0) is 55.2 Å². The van der Waals surface area contributed by atoms with E-state index in [0.717, 1.165) is 34.7 Å². The zero-order valence-corrected chi connectivity index (χ0v) is 15.8. The first-order valence-corrected chi connectivity index (χ1v) is 9.69. The van der Waals surface area contributed by atoms with Gasteiger partial charge < -0.3 is 10.6 Å². The van der Waals surface area contributed by atoms with Crippen molar-refractivity contribution in [3.05, 3.63) is 64.8 Å². The molecule has 0 saturated heterocycles. The minimum atomic E-state index is -0.166. The zero-order chi connectivity index (χ0) is 18.8. The Kier molecular flexibility index (Phi) is 4.77. The van der Waals surface area contributed by atoms with E-state index in [1.165, 1.54) is 11.3 Å². The number of amides is 2. The molecule has 2 N–H and O–H groups in total. The van der Waals surface area contributed by atoms with Gasteiger partial charge in [-0.1, -0.05) is 12.1 Å². The molecule has 1 fully saturated rings. The fourth-order valence-corrected chi connectivity index (χ4v) is 3.83. The summed E-state index contributed by atoms with van der Waals surface area (Å²) < 4.78 is 1.83. The normalized spacial score (nSPS) is 13.4. The van der Waals surface area contributed by atoms with E-state index in [-0.39, 0.29) is 17.7 Å². The zero-order valence-electron chi connectivity index (χ0n) is 14.9. The summed E-state index contributed by atoms with van der Waals surface area (Å²) in [5.41, 5.74) is 2.65. The Morgan fingerprint density at radius 2 is 2.07 bits per heavy atom. The van der Waals surface area contributed by atoms with Gasteiger partial charge in [-0.15, -0.1) is 11.3 Å². The van der Waals surface area contributed by atoms with E-state index in [4.69, 9.17) is 0 Å². The number of hydrogen-bond acceptors (Lipinski definition) is 4. The topological polar surface area (TPSA) is 76.0 Å². The van der Waals surface area contributed by atoms with Crippen LogP contribution in [0, 0.1) is 12.8 Å². The first-order valence-electron chi connectivity index (χ1n) is 8.87. The van der Waals surface area contributed by atoms with Gasteiger partial charge in [0.2, 0.25) is 5.91 Å². The summed E-state index contributed by atoms with van der Waals surface area (Å²) in [6.45, 7) is 2.53. The molecule has 2 aromatic heterocycles. The number of aryl methyl sites for hydroxylation is 1. The second-order valence-electron chi connectivity index (χ2n) is 6.74. The Bertz CT molecular complexity index is 974. The van der Waals surface area contributed by atoms with Crippen molar-refractivity contribution in [1.29, 1.82) is 0 Å². The summed E-state index contributed by atoms with van der Waals surface area (Å²) >= 11 is 1.31. The monoisotopic (exact) mass is 380 g/mol. The molecule has 1 saturated carbocycles. The molecular weight excluding hydrogens is 360 g/mol. The van der Waals surface area contributed by atoms with Crippen LogP contribution >= 0.6 is 11.3 Å². The SMILES string of the molecule is Cc1cc(NC(=O)C2CC2)sc1C(=O)Nc1cccc(Cn2cccn2)c1. The summed E-state index contributed by atoms with van der Waals surface area (Å²) in [4.78, 5) is 25.2. The van der Waals surface area contributed by atoms with Gasteiger partial charge in [-0.25, -0.2) is 0 Å². The van der Waals surface area contributed by atoms with Crippen LogP contribution in [-0.2, 0) is 11.3 Å². The van der Waals surface area contributed by atoms with Crippen molar-refractivity contribution in [2.75, 3.05) is 10.6 Å². The number of thiophene rings is 1. The molecule has 3 aromatic rings. The molecule has 0 bridgehead atoms. The largest absolute Gasteiger partial charge is 0.321 e. The van der Waals surface area contributed by atoms with Gasteiger partial charge in [0, 0.05) is 24.0 Å². The van der Waals surface area contributed by atoms with Crippen LogP contribution in [0.4, 0.5) is 10.7 Å². The third-order valence-corrected chi connectivity index (χ3v) is 5.56. The van der Waals surface area contributed by atoms with Crippen molar-refractivity contribution >= 4 is 33.8 Å². The van der Waals surface area contributed by atoms with Crippen molar-refractivity contribution in [2.45, 2.75) is 26.3 Å². The molecule has 1 aliphatic carbocycles. The number of carbonyl (C=O) groups excluding carboxylic acids is 2. The minimum absolute atomic E-state index is 0.0505. The molecule has 27 heavy (non-hydrogen) atoms. The fraction of sp³-hybridized carbons (Fsp3) is 0.250. The smallest absolute Gasteiger partial charge is 0.266 e. The summed E-state index contributed by atoms with van der Waals surface area (Å²) in [7, 11) is 0. The Balaban J connectivity index is 1.44. The first-order chi connectivity index (χ1) is 13.1. The standard InChI is InChI=1S/C20H20N4O2S/c1-13-10-17(23-19(25)15-6-7-15)27-18(13)20(26)22-16-5-2-4-14(11-16)12-24-9-3-8-21-24/h2-5,8-11,15H,6-7,12H2,1H3,(H,22,26)(H,23,25). The van der Waals surface area contributed by atoms with E-state index in [9.17, 15) is 9.59 Å². The number of rotatable bonds is 6. The molecule has 2 heterocycles. The highest BCUT2D eigenvalue weighted by Gasteiger charge is 2.30. The van der Waals surface area contributed by atoms with Crippen LogP contribution in [0.25, 0.3) is 0 Å². The Morgan fingerprint density at radius 3 is 2.81 bits per heavy atom. The van der Waals surface area contributed by atoms with Crippen molar-refractivity contribution in [3.63, 3.8) is 0 Å². The van der Waals surface area contributed by atoms with Crippen molar-refractivity contribution in [3.8, 4) is 0 Å². The number of anilines is 2. The average molecular weight is 380 g/mol. The first kappa shape index (κ1) is 17.5. The number of nitrogens with zero attached hydrogens (tertiary/aromatic N) is 2. The summed E-state index contributed by atoms with van der Waals surface area (Å²) in [6, 6.07) is 11.5. The van der Waals surface area contributed by atoms with Crippen LogP contribution in [0.3, 0.4) is 0 Å². The van der Waals surface area contributed by atoms with Crippen LogP contribution in [-0.4, -0.2) is 21.6 Å². The molecule has 0 spiro atoms. The van der Waals surface area contributed by atoms with Crippen LogP contribution < -0.4 is 10.6 Å². The maximum Gasteiger partial charge on any atom is 0.266 e. The molecule has 1 aliphatic rings. The van der Waals surface area contributed by atoms with E-state index in [0.29, 0.717) is 11.4 Å². The lowest BCUT2D eigenvalue weighted by Gasteiger charge is -2.07. The highest BCUT2D eigenvalue weighted by molar-refractivity contribution is 7.18. The Labute approximate surface area is 161 Å². The van der Waals surface area contributed by atoms with Gasteiger partial charge in [0.05, 0.1) is 16.4 Å². The van der Waals surface area contributed by atoms with Crippen molar-refractivity contribution in [1.82, 2.24) is 9.78 Å². The average Bonchev–Trinajstić information content (AvgIpc) is 3.26. The number of benzene rings is 1. The molecule has 138 valence electrons. The maximum atomic E-state index is 12.7. The van der Waals surface area contributed by atoms with Gasteiger partial charge in [-0.3, -0.25) is 14.3 Å². The fourth-order valence-electron chi connectivity index (χ4n) is 2.85. The van der Waals surface area contributed by atoms with Crippen LogP contribution in [0.5, 0.6) is 0 Å². The maximum absolute atomic E-state index is 12.7. The predicted octanol–water partition coefficient (Wildman–Crippen LogP) is 3.90. The number of hydrogen-bond donors (Lipinski definition) is 2.